The van der Waals surface area contributed by atoms with Crippen LogP contribution in [0.2, 0.25) is 0 Å². The van der Waals surface area contributed by atoms with E-state index in [1.165, 1.54) is 0 Å². The number of amides is 1. The van der Waals surface area contributed by atoms with Gasteiger partial charge in [-0.3, -0.25) is 9.69 Å². The molecule has 27 heavy (non-hydrogen) atoms. The summed E-state index contributed by atoms with van der Waals surface area (Å²) in [6, 6.07) is 11.7. The van der Waals surface area contributed by atoms with Crippen LogP contribution in [0.1, 0.15) is 23.1 Å². The standard InChI is InChI=1S/C21H29N3O3/c1-16-6-4-5-7-19(16)26-15-21(25)22-14-18(20-9-8-17(2)27-20)24-12-10-23(3)11-13-24/h4-9,18H,10-15H2,1-3H3,(H,22,25)/t18-/m1/s1. The number of likely N-dealkylation sites (N-methyl/N-ethyl adjacent to an activating group) is 1. The van der Waals surface area contributed by atoms with E-state index in [0.29, 0.717) is 6.54 Å². The molecule has 0 aliphatic carbocycles. The minimum atomic E-state index is -0.124. The molecule has 1 aromatic carbocycles. The van der Waals surface area contributed by atoms with Crippen molar-refractivity contribution in [1.29, 1.82) is 0 Å². The van der Waals surface area contributed by atoms with Crippen molar-refractivity contribution in [2.75, 3.05) is 46.4 Å². The fourth-order valence-corrected chi connectivity index (χ4v) is 3.30. The fraction of sp³-hybridized carbons (Fsp3) is 0.476. The van der Waals surface area contributed by atoms with Gasteiger partial charge in [0, 0.05) is 32.7 Å². The van der Waals surface area contributed by atoms with Gasteiger partial charge in [-0.2, -0.15) is 0 Å². The number of aryl methyl sites for hydroxylation is 2. The quantitative estimate of drug-likeness (QED) is 0.810. The number of carbonyl (C=O) groups excluding carboxylic acids is 1. The second-order valence-electron chi connectivity index (χ2n) is 7.16. The highest BCUT2D eigenvalue weighted by atomic mass is 16.5. The smallest absolute Gasteiger partial charge is 0.258 e. The van der Waals surface area contributed by atoms with E-state index in [-0.39, 0.29) is 18.6 Å². The van der Waals surface area contributed by atoms with E-state index in [4.69, 9.17) is 9.15 Å². The van der Waals surface area contributed by atoms with Gasteiger partial charge in [0.15, 0.2) is 6.61 Å². The lowest BCUT2D eigenvalue weighted by Gasteiger charge is -2.37. The zero-order valence-corrected chi connectivity index (χ0v) is 16.4. The van der Waals surface area contributed by atoms with E-state index in [1.807, 2.05) is 50.2 Å². The molecule has 0 saturated carbocycles. The first-order valence-corrected chi connectivity index (χ1v) is 9.47. The Balaban J connectivity index is 1.57. The van der Waals surface area contributed by atoms with Crippen LogP contribution in [-0.2, 0) is 4.79 Å². The summed E-state index contributed by atoms with van der Waals surface area (Å²) < 4.78 is 11.5. The number of hydrogen-bond donors (Lipinski definition) is 1. The molecule has 1 atom stereocenters. The predicted octanol–water partition coefficient (Wildman–Crippen LogP) is 2.38. The largest absolute Gasteiger partial charge is 0.484 e. The summed E-state index contributed by atoms with van der Waals surface area (Å²) in [5.74, 6) is 2.40. The maximum absolute atomic E-state index is 12.3. The number of benzene rings is 1. The highest BCUT2D eigenvalue weighted by Gasteiger charge is 2.26. The number of nitrogens with zero attached hydrogens (tertiary/aromatic N) is 2. The normalized spacial score (nSPS) is 16.9. The van der Waals surface area contributed by atoms with Crippen LogP contribution in [0.15, 0.2) is 40.8 Å². The number of ether oxygens (including phenoxy) is 1. The molecule has 1 aliphatic rings. The van der Waals surface area contributed by atoms with E-state index < -0.39 is 0 Å². The first-order valence-electron chi connectivity index (χ1n) is 9.47. The van der Waals surface area contributed by atoms with Gasteiger partial charge in [-0.05, 0) is 44.7 Å². The summed E-state index contributed by atoms with van der Waals surface area (Å²) in [5, 5.41) is 3.01. The van der Waals surface area contributed by atoms with Crippen molar-refractivity contribution in [2.45, 2.75) is 19.9 Å². The Hall–Kier alpha value is -2.31. The molecule has 1 fully saturated rings. The maximum Gasteiger partial charge on any atom is 0.258 e. The molecule has 0 spiro atoms. The van der Waals surface area contributed by atoms with Crippen LogP contribution in [0.3, 0.4) is 0 Å². The van der Waals surface area contributed by atoms with Gasteiger partial charge in [0.25, 0.3) is 5.91 Å². The molecule has 2 heterocycles. The summed E-state index contributed by atoms with van der Waals surface area (Å²) in [7, 11) is 2.13. The first-order chi connectivity index (χ1) is 13.0. The summed E-state index contributed by atoms with van der Waals surface area (Å²) in [6.07, 6.45) is 0. The van der Waals surface area contributed by atoms with Crippen molar-refractivity contribution in [3.05, 3.63) is 53.5 Å². The van der Waals surface area contributed by atoms with Crippen LogP contribution in [0.5, 0.6) is 5.75 Å². The van der Waals surface area contributed by atoms with Crippen LogP contribution in [-0.4, -0.2) is 62.1 Å². The second-order valence-corrected chi connectivity index (χ2v) is 7.16. The topological polar surface area (TPSA) is 58.0 Å². The van der Waals surface area contributed by atoms with Crippen molar-refractivity contribution in [3.8, 4) is 5.75 Å². The van der Waals surface area contributed by atoms with E-state index in [1.54, 1.807) is 0 Å². The van der Waals surface area contributed by atoms with Gasteiger partial charge in [-0.25, -0.2) is 0 Å². The Morgan fingerprint density at radius 3 is 2.56 bits per heavy atom. The molecule has 1 amide bonds. The van der Waals surface area contributed by atoms with Gasteiger partial charge in [0.05, 0.1) is 6.04 Å². The Bertz CT molecular complexity index is 751. The molecule has 6 heteroatoms. The second kappa shape index (κ2) is 9.06. The Labute approximate surface area is 161 Å². The zero-order chi connectivity index (χ0) is 19.2. The molecule has 1 aromatic heterocycles. The molecule has 1 aliphatic heterocycles. The number of rotatable bonds is 7. The third-order valence-corrected chi connectivity index (χ3v) is 5.01. The van der Waals surface area contributed by atoms with Crippen molar-refractivity contribution < 1.29 is 13.9 Å². The number of hydrogen-bond acceptors (Lipinski definition) is 5. The number of carbonyl (C=O) groups is 1. The lowest BCUT2D eigenvalue weighted by Crippen LogP contribution is -2.48. The fourth-order valence-electron chi connectivity index (χ4n) is 3.30. The molecular formula is C21H29N3O3. The third kappa shape index (κ3) is 5.34. The minimum absolute atomic E-state index is 0.0114. The summed E-state index contributed by atoms with van der Waals surface area (Å²) in [4.78, 5) is 17.0. The average Bonchev–Trinajstić information content (AvgIpc) is 3.09. The first kappa shape index (κ1) is 19.5. The van der Waals surface area contributed by atoms with Gasteiger partial charge in [-0.1, -0.05) is 18.2 Å². The lowest BCUT2D eigenvalue weighted by molar-refractivity contribution is -0.123. The molecule has 2 aromatic rings. The molecular weight excluding hydrogens is 342 g/mol. The average molecular weight is 371 g/mol. The summed E-state index contributed by atoms with van der Waals surface area (Å²) in [6.45, 7) is 8.37. The van der Waals surface area contributed by atoms with Gasteiger partial charge in [-0.15, -0.1) is 0 Å². The zero-order valence-electron chi connectivity index (χ0n) is 16.4. The van der Waals surface area contributed by atoms with Crippen LogP contribution < -0.4 is 10.1 Å². The number of para-hydroxylation sites is 1. The Morgan fingerprint density at radius 1 is 1.15 bits per heavy atom. The minimum Gasteiger partial charge on any atom is -0.484 e. The molecule has 146 valence electrons. The summed E-state index contributed by atoms with van der Waals surface area (Å²) >= 11 is 0. The molecule has 0 unspecified atom stereocenters. The SMILES string of the molecule is Cc1ccc([C@@H](CNC(=O)COc2ccccc2C)N2CCN(C)CC2)o1. The van der Waals surface area contributed by atoms with Crippen LogP contribution in [0, 0.1) is 13.8 Å². The third-order valence-electron chi connectivity index (χ3n) is 5.01. The van der Waals surface area contributed by atoms with Crippen LogP contribution in [0.4, 0.5) is 0 Å². The highest BCUT2D eigenvalue weighted by molar-refractivity contribution is 5.77. The number of piperazine rings is 1. The molecule has 0 radical (unpaired) electrons. The summed E-state index contributed by atoms with van der Waals surface area (Å²) in [5.41, 5.74) is 1.02. The molecule has 0 bridgehead atoms. The van der Waals surface area contributed by atoms with Crippen LogP contribution >= 0.6 is 0 Å². The van der Waals surface area contributed by atoms with E-state index in [9.17, 15) is 4.79 Å². The van der Waals surface area contributed by atoms with Crippen LogP contribution in [0.25, 0.3) is 0 Å². The van der Waals surface area contributed by atoms with Gasteiger partial charge >= 0.3 is 0 Å². The Morgan fingerprint density at radius 2 is 1.89 bits per heavy atom. The monoisotopic (exact) mass is 371 g/mol. The van der Waals surface area contributed by atoms with E-state index >= 15 is 0 Å². The van der Waals surface area contributed by atoms with Gasteiger partial charge in [0.2, 0.25) is 0 Å². The lowest BCUT2D eigenvalue weighted by atomic mass is 10.1. The highest BCUT2D eigenvalue weighted by Crippen LogP contribution is 2.23. The number of furan rings is 1. The van der Waals surface area contributed by atoms with Crippen molar-refractivity contribution >= 4 is 5.91 Å². The maximum atomic E-state index is 12.3. The molecule has 6 nitrogen and oxygen atoms in total. The molecule has 1 saturated heterocycles. The molecule has 1 N–H and O–H groups in total. The van der Waals surface area contributed by atoms with Crippen molar-refractivity contribution in [3.63, 3.8) is 0 Å². The van der Waals surface area contributed by atoms with E-state index in [2.05, 4.69) is 22.2 Å². The van der Waals surface area contributed by atoms with Crippen molar-refractivity contribution in [1.82, 2.24) is 15.1 Å². The Kier molecular flexibility index (Phi) is 6.53. The molecule has 3 rings (SSSR count). The number of nitrogens with one attached hydrogen (secondary N) is 1. The van der Waals surface area contributed by atoms with E-state index in [0.717, 1.165) is 49.0 Å². The predicted molar refractivity (Wildman–Crippen MR) is 105 cm³/mol. The van der Waals surface area contributed by atoms with Gasteiger partial charge < -0.3 is 19.4 Å². The van der Waals surface area contributed by atoms with Gasteiger partial charge in [0.1, 0.15) is 17.3 Å². The van der Waals surface area contributed by atoms with Crippen molar-refractivity contribution in [2.24, 2.45) is 0 Å².